The molecule has 0 bridgehead atoms. The highest BCUT2D eigenvalue weighted by molar-refractivity contribution is 9.10. The summed E-state index contributed by atoms with van der Waals surface area (Å²) in [4.78, 5) is 12.8. The summed E-state index contributed by atoms with van der Waals surface area (Å²) in [5.74, 6) is -1.91. The number of benzene rings is 1. The Balaban J connectivity index is 2.40. The number of halogens is 3. The smallest absolute Gasteiger partial charge is 0.263 e. The van der Waals surface area contributed by atoms with E-state index >= 15 is 0 Å². The first kappa shape index (κ1) is 14.7. The van der Waals surface area contributed by atoms with Gasteiger partial charge in [-0.25, -0.2) is 17.2 Å². The minimum Gasteiger partial charge on any atom is -0.328 e. The van der Waals surface area contributed by atoms with Crippen LogP contribution >= 0.6 is 15.9 Å². The lowest BCUT2D eigenvalue weighted by Crippen LogP contribution is -2.16. The highest BCUT2D eigenvalue weighted by atomic mass is 79.9. The standard InChI is InChI=1S/C11H7BrF2N2O3S/c12-7-3-10(9(14)4-8(7)13)16-20(18,19)6-1-2-11(17)15-5-6/h1-5,16H,(H,15,17). The van der Waals surface area contributed by atoms with Gasteiger partial charge in [-0.15, -0.1) is 0 Å². The number of aromatic nitrogens is 1. The average Bonchev–Trinajstić information content (AvgIpc) is 2.36. The fraction of sp³-hybridized carbons (Fsp3) is 0. The van der Waals surface area contributed by atoms with E-state index in [-0.39, 0.29) is 9.37 Å². The van der Waals surface area contributed by atoms with Crippen LogP contribution in [0.1, 0.15) is 0 Å². The second kappa shape index (κ2) is 5.33. The molecule has 1 heterocycles. The molecule has 0 amide bonds. The van der Waals surface area contributed by atoms with Gasteiger partial charge in [0, 0.05) is 18.3 Å². The molecule has 0 radical (unpaired) electrons. The van der Waals surface area contributed by atoms with E-state index in [1.807, 2.05) is 4.72 Å². The normalized spacial score (nSPS) is 11.3. The van der Waals surface area contributed by atoms with Gasteiger partial charge in [-0.3, -0.25) is 9.52 Å². The number of hydrogen-bond donors (Lipinski definition) is 2. The lowest BCUT2D eigenvalue weighted by atomic mass is 10.3. The van der Waals surface area contributed by atoms with E-state index in [9.17, 15) is 22.0 Å². The number of nitrogens with one attached hydrogen (secondary N) is 2. The SMILES string of the molecule is O=c1ccc(S(=O)(=O)Nc2cc(Br)c(F)cc2F)c[nH]1. The largest absolute Gasteiger partial charge is 0.328 e. The number of sulfonamides is 1. The van der Waals surface area contributed by atoms with Gasteiger partial charge in [0.25, 0.3) is 10.0 Å². The maximum Gasteiger partial charge on any atom is 0.263 e. The molecule has 20 heavy (non-hydrogen) atoms. The van der Waals surface area contributed by atoms with E-state index in [0.717, 1.165) is 24.4 Å². The highest BCUT2D eigenvalue weighted by Crippen LogP contribution is 2.25. The molecular formula is C11H7BrF2N2O3S. The van der Waals surface area contributed by atoms with Crippen molar-refractivity contribution in [3.8, 4) is 0 Å². The van der Waals surface area contributed by atoms with Crippen molar-refractivity contribution in [1.29, 1.82) is 0 Å². The van der Waals surface area contributed by atoms with Gasteiger partial charge in [0.05, 0.1) is 10.2 Å². The van der Waals surface area contributed by atoms with Crippen molar-refractivity contribution in [2.24, 2.45) is 0 Å². The van der Waals surface area contributed by atoms with Crippen LogP contribution in [0.5, 0.6) is 0 Å². The lowest BCUT2D eigenvalue weighted by Gasteiger charge is -2.09. The minimum absolute atomic E-state index is 0.0851. The molecule has 0 spiro atoms. The van der Waals surface area contributed by atoms with Gasteiger partial charge in [-0.05, 0) is 28.1 Å². The average molecular weight is 365 g/mol. The zero-order valence-corrected chi connectivity index (χ0v) is 12.1. The molecule has 0 saturated heterocycles. The predicted octanol–water partition coefficient (Wildman–Crippen LogP) is 2.22. The van der Waals surface area contributed by atoms with Crippen LogP contribution in [0.3, 0.4) is 0 Å². The Bertz CT molecular complexity index is 800. The van der Waals surface area contributed by atoms with Gasteiger partial charge in [-0.2, -0.15) is 0 Å². The van der Waals surface area contributed by atoms with Crippen molar-refractivity contribution in [3.05, 3.63) is 56.9 Å². The molecule has 0 fully saturated rings. The second-order valence-electron chi connectivity index (χ2n) is 3.74. The summed E-state index contributed by atoms with van der Waals surface area (Å²) in [5, 5.41) is 0. The fourth-order valence-corrected chi connectivity index (χ4v) is 2.74. The number of hydrogen-bond acceptors (Lipinski definition) is 3. The first-order valence-electron chi connectivity index (χ1n) is 5.16. The van der Waals surface area contributed by atoms with Gasteiger partial charge >= 0.3 is 0 Å². The zero-order valence-electron chi connectivity index (χ0n) is 9.65. The van der Waals surface area contributed by atoms with Crippen LogP contribution in [-0.4, -0.2) is 13.4 Å². The van der Waals surface area contributed by atoms with Crippen molar-refractivity contribution in [1.82, 2.24) is 4.98 Å². The Labute approximate surface area is 120 Å². The highest BCUT2D eigenvalue weighted by Gasteiger charge is 2.18. The third-order valence-corrected chi connectivity index (χ3v) is 4.29. The third-order valence-electron chi connectivity index (χ3n) is 2.32. The molecule has 0 aliphatic heterocycles. The molecule has 0 atom stereocenters. The Morgan fingerprint density at radius 1 is 1.15 bits per heavy atom. The van der Waals surface area contributed by atoms with Crippen LogP contribution in [0.4, 0.5) is 14.5 Å². The van der Waals surface area contributed by atoms with Gasteiger partial charge in [-0.1, -0.05) is 0 Å². The van der Waals surface area contributed by atoms with Crippen LogP contribution in [0, 0.1) is 11.6 Å². The van der Waals surface area contributed by atoms with E-state index < -0.39 is 32.9 Å². The monoisotopic (exact) mass is 364 g/mol. The predicted molar refractivity (Wildman–Crippen MR) is 71.9 cm³/mol. The van der Waals surface area contributed by atoms with Gasteiger partial charge in [0.15, 0.2) is 0 Å². The van der Waals surface area contributed by atoms with Gasteiger partial charge < -0.3 is 4.98 Å². The van der Waals surface area contributed by atoms with Crippen LogP contribution in [0.25, 0.3) is 0 Å². The maximum atomic E-state index is 13.5. The van der Waals surface area contributed by atoms with Crippen LogP contribution < -0.4 is 10.3 Å². The quantitative estimate of drug-likeness (QED) is 0.819. The number of anilines is 1. The van der Waals surface area contributed by atoms with Crippen molar-refractivity contribution in [2.45, 2.75) is 4.90 Å². The molecule has 2 N–H and O–H groups in total. The molecule has 1 aromatic carbocycles. The Kier molecular flexibility index (Phi) is 3.91. The number of rotatable bonds is 3. The molecule has 106 valence electrons. The molecule has 9 heteroatoms. The first-order chi connectivity index (χ1) is 9.29. The van der Waals surface area contributed by atoms with Crippen molar-refractivity contribution >= 4 is 31.6 Å². The molecular weight excluding hydrogens is 358 g/mol. The molecule has 0 saturated carbocycles. The minimum atomic E-state index is -4.09. The molecule has 2 aromatic rings. The molecule has 2 rings (SSSR count). The van der Waals surface area contributed by atoms with Crippen molar-refractivity contribution in [2.75, 3.05) is 4.72 Å². The van der Waals surface area contributed by atoms with Crippen LogP contribution in [0.2, 0.25) is 0 Å². The van der Waals surface area contributed by atoms with E-state index in [2.05, 4.69) is 20.9 Å². The van der Waals surface area contributed by atoms with E-state index in [1.165, 1.54) is 0 Å². The summed E-state index contributed by atoms with van der Waals surface area (Å²) in [5.41, 5.74) is -0.885. The Hall–Kier alpha value is -1.74. The van der Waals surface area contributed by atoms with Crippen molar-refractivity contribution < 1.29 is 17.2 Å². The van der Waals surface area contributed by atoms with E-state index in [4.69, 9.17) is 0 Å². The summed E-state index contributed by atoms with van der Waals surface area (Å²) in [6, 6.07) is 3.60. The summed E-state index contributed by atoms with van der Waals surface area (Å²) in [7, 11) is -4.09. The molecule has 0 aliphatic rings. The topological polar surface area (TPSA) is 79.0 Å². The Morgan fingerprint density at radius 2 is 1.85 bits per heavy atom. The summed E-state index contributed by atoms with van der Waals surface area (Å²) >= 11 is 2.83. The van der Waals surface area contributed by atoms with Crippen molar-refractivity contribution in [3.63, 3.8) is 0 Å². The maximum absolute atomic E-state index is 13.5. The molecule has 0 unspecified atom stereocenters. The Morgan fingerprint density at radius 3 is 2.45 bits per heavy atom. The van der Waals surface area contributed by atoms with Gasteiger partial charge in [0.1, 0.15) is 16.5 Å². The summed E-state index contributed by atoms with van der Waals surface area (Å²) in [6.45, 7) is 0. The lowest BCUT2D eigenvalue weighted by molar-refractivity contribution is 0.579. The first-order valence-corrected chi connectivity index (χ1v) is 7.43. The second-order valence-corrected chi connectivity index (χ2v) is 6.28. The third kappa shape index (κ3) is 3.05. The number of H-pyrrole nitrogens is 1. The number of pyridine rings is 1. The zero-order chi connectivity index (χ0) is 14.9. The van der Waals surface area contributed by atoms with Crippen LogP contribution in [-0.2, 0) is 10.0 Å². The van der Waals surface area contributed by atoms with E-state index in [0.29, 0.717) is 6.07 Å². The van der Waals surface area contributed by atoms with Crippen LogP contribution in [0.15, 0.2) is 44.6 Å². The molecule has 5 nitrogen and oxygen atoms in total. The van der Waals surface area contributed by atoms with Gasteiger partial charge in [0.2, 0.25) is 5.56 Å². The molecule has 0 aliphatic carbocycles. The number of aromatic amines is 1. The summed E-state index contributed by atoms with van der Waals surface area (Å²) < 4.78 is 52.3. The van der Waals surface area contributed by atoms with E-state index in [1.54, 1.807) is 0 Å². The summed E-state index contributed by atoms with van der Waals surface area (Å²) in [6.07, 6.45) is 0.973. The molecule has 1 aromatic heterocycles. The fourth-order valence-electron chi connectivity index (χ4n) is 1.37.